The van der Waals surface area contributed by atoms with Gasteiger partial charge in [0.15, 0.2) is 11.6 Å². The first-order valence-corrected chi connectivity index (χ1v) is 8.73. The smallest absolute Gasteiger partial charge is 0.323 e. The predicted molar refractivity (Wildman–Crippen MR) is 101 cm³/mol. The maximum absolute atomic E-state index is 13.2. The quantitative estimate of drug-likeness (QED) is 0.502. The van der Waals surface area contributed by atoms with Crippen LogP contribution in [-0.4, -0.2) is 29.5 Å². The van der Waals surface area contributed by atoms with Gasteiger partial charge in [-0.3, -0.25) is 4.68 Å². The highest BCUT2D eigenvalue weighted by Gasteiger charge is 2.32. The number of anilines is 2. The van der Waals surface area contributed by atoms with Crippen LogP contribution in [0.3, 0.4) is 0 Å². The normalized spacial score (nSPS) is 11.7. The predicted octanol–water partition coefficient (Wildman–Crippen LogP) is 4.27. The van der Waals surface area contributed by atoms with Crippen molar-refractivity contribution in [3.8, 4) is 17.1 Å². The molecule has 0 radical (unpaired) electrons. The number of aryl methyl sites for hydroxylation is 1. The Labute approximate surface area is 168 Å². The van der Waals surface area contributed by atoms with E-state index >= 15 is 0 Å². The first-order valence-electron chi connectivity index (χ1n) is 8.73. The fourth-order valence-electron chi connectivity index (χ4n) is 3.02. The molecular formula is C19H15F4N7. The number of alkyl halides is 3. The molecule has 154 valence electrons. The molecule has 0 fully saturated rings. The first-order chi connectivity index (χ1) is 14.2. The van der Waals surface area contributed by atoms with E-state index < -0.39 is 11.7 Å². The highest BCUT2D eigenvalue weighted by atomic mass is 19.4. The van der Waals surface area contributed by atoms with Crippen molar-refractivity contribution >= 4 is 11.6 Å². The largest absolute Gasteiger partial charge is 0.419 e. The lowest BCUT2D eigenvalue weighted by Gasteiger charge is -2.06. The molecule has 0 spiro atoms. The Morgan fingerprint density at radius 1 is 1.07 bits per heavy atom. The van der Waals surface area contributed by atoms with Crippen LogP contribution in [0.4, 0.5) is 29.2 Å². The van der Waals surface area contributed by atoms with Gasteiger partial charge in [0.2, 0.25) is 0 Å². The monoisotopic (exact) mass is 417 g/mol. The standard InChI is InChI=1S/C19H15F4N7/c1-11-17(12-3-5-14(20)6-4-12)29(2)28-18(11)27-15-7-16(25-10-24-15)30-9-13(8-26-30)19(21,22)23/h3-10H,1-2H3,(H,24,25,27,28). The molecule has 1 N–H and O–H groups in total. The van der Waals surface area contributed by atoms with Crippen LogP contribution in [0.25, 0.3) is 17.1 Å². The summed E-state index contributed by atoms with van der Waals surface area (Å²) < 4.78 is 54.3. The number of nitrogens with one attached hydrogen (secondary N) is 1. The molecule has 0 bridgehead atoms. The summed E-state index contributed by atoms with van der Waals surface area (Å²) in [7, 11) is 1.75. The number of halogens is 4. The number of hydrogen-bond donors (Lipinski definition) is 1. The number of hydrogen-bond acceptors (Lipinski definition) is 5. The van der Waals surface area contributed by atoms with Crippen molar-refractivity contribution in [3.05, 3.63) is 66.0 Å². The molecule has 3 aromatic heterocycles. The number of nitrogens with zero attached hydrogens (tertiary/aromatic N) is 6. The van der Waals surface area contributed by atoms with Crippen LogP contribution in [-0.2, 0) is 13.2 Å². The number of aromatic nitrogens is 6. The fourth-order valence-corrected chi connectivity index (χ4v) is 3.02. The third kappa shape index (κ3) is 3.73. The highest BCUT2D eigenvalue weighted by molar-refractivity contribution is 5.71. The Morgan fingerprint density at radius 2 is 1.80 bits per heavy atom. The molecule has 3 heterocycles. The third-order valence-electron chi connectivity index (χ3n) is 4.45. The second-order valence-corrected chi connectivity index (χ2v) is 6.51. The van der Waals surface area contributed by atoms with Crippen molar-refractivity contribution in [3.63, 3.8) is 0 Å². The van der Waals surface area contributed by atoms with Crippen LogP contribution in [0.2, 0.25) is 0 Å². The maximum atomic E-state index is 13.2. The van der Waals surface area contributed by atoms with Crippen molar-refractivity contribution < 1.29 is 17.6 Å². The summed E-state index contributed by atoms with van der Waals surface area (Å²) in [5, 5.41) is 11.2. The lowest BCUT2D eigenvalue weighted by Crippen LogP contribution is -2.04. The van der Waals surface area contributed by atoms with Gasteiger partial charge in [-0.05, 0) is 31.2 Å². The molecular weight excluding hydrogens is 402 g/mol. The van der Waals surface area contributed by atoms with E-state index in [9.17, 15) is 17.6 Å². The Balaban J connectivity index is 1.63. The molecule has 30 heavy (non-hydrogen) atoms. The zero-order valence-electron chi connectivity index (χ0n) is 15.8. The minimum Gasteiger partial charge on any atom is -0.323 e. The van der Waals surface area contributed by atoms with Crippen molar-refractivity contribution in [2.75, 3.05) is 5.32 Å². The van der Waals surface area contributed by atoms with E-state index in [1.807, 2.05) is 6.92 Å². The van der Waals surface area contributed by atoms with Gasteiger partial charge < -0.3 is 5.32 Å². The fraction of sp³-hybridized carbons (Fsp3) is 0.158. The molecule has 11 heteroatoms. The van der Waals surface area contributed by atoms with Gasteiger partial charge in [-0.1, -0.05) is 0 Å². The average Bonchev–Trinajstić information content (AvgIpc) is 3.29. The first kappa shape index (κ1) is 19.6. The molecule has 0 amide bonds. The Morgan fingerprint density at radius 3 is 2.47 bits per heavy atom. The summed E-state index contributed by atoms with van der Waals surface area (Å²) in [5.74, 6) is 0.655. The van der Waals surface area contributed by atoms with Gasteiger partial charge in [-0.25, -0.2) is 19.0 Å². The molecule has 1 aromatic carbocycles. The maximum Gasteiger partial charge on any atom is 0.419 e. The van der Waals surface area contributed by atoms with Crippen LogP contribution < -0.4 is 5.32 Å². The summed E-state index contributed by atoms with van der Waals surface area (Å²) in [6.45, 7) is 1.85. The molecule has 4 rings (SSSR count). The molecule has 0 atom stereocenters. The second-order valence-electron chi connectivity index (χ2n) is 6.51. The van der Waals surface area contributed by atoms with Gasteiger partial charge >= 0.3 is 6.18 Å². The topological polar surface area (TPSA) is 73.5 Å². The minimum absolute atomic E-state index is 0.162. The van der Waals surface area contributed by atoms with Gasteiger partial charge in [0, 0.05) is 30.4 Å². The Bertz CT molecular complexity index is 1190. The van der Waals surface area contributed by atoms with Crippen molar-refractivity contribution in [1.29, 1.82) is 0 Å². The molecule has 0 aliphatic rings. The summed E-state index contributed by atoms with van der Waals surface area (Å²) in [5.41, 5.74) is 1.49. The lowest BCUT2D eigenvalue weighted by atomic mass is 10.1. The van der Waals surface area contributed by atoms with Crippen molar-refractivity contribution in [1.82, 2.24) is 29.5 Å². The third-order valence-corrected chi connectivity index (χ3v) is 4.45. The SMILES string of the molecule is Cc1c(Nc2cc(-n3cc(C(F)(F)F)cn3)ncn2)nn(C)c1-c1ccc(F)cc1. The number of benzene rings is 1. The van der Waals surface area contributed by atoms with Crippen LogP contribution in [0.5, 0.6) is 0 Å². The second kappa shape index (κ2) is 7.25. The summed E-state index contributed by atoms with van der Waals surface area (Å²) >= 11 is 0. The van der Waals surface area contributed by atoms with E-state index in [4.69, 9.17) is 0 Å². The van der Waals surface area contributed by atoms with E-state index in [1.165, 1.54) is 24.5 Å². The molecule has 4 aromatic rings. The molecule has 0 aliphatic carbocycles. The zero-order chi connectivity index (χ0) is 21.5. The molecule has 0 saturated heterocycles. The molecule has 0 aliphatic heterocycles. The summed E-state index contributed by atoms with van der Waals surface area (Å²) in [6, 6.07) is 7.50. The van der Waals surface area contributed by atoms with Gasteiger partial charge in [-0.15, -0.1) is 0 Å². The summed E-state index contributed by atoms with van der Waals surface area (Å²) in [6.07, 6.45) is -1.70. The molecule has 0 unspecified atom stereocenters. The zero-order valence-corrected chi connectivity index (χ0v) is 15.8. The van der Waals surface area contributed by atoms with Crippen LogP contribution in [0.15, 0.2) is 49.1 Å². The van der Waals surface area contributed by atoms with Gasteiger partial charge in [0.05, 0.1) is 17.5 Å². The van der Waals surface area contributed by atoms with Crippen LogP contribution >= 0.6 is 0 Å². The van der Waals surface area contributed by atoms with Crippen molar-refractivity contribution in [2.45, 2.75) is 13.1 Å². The molecule has 7 nitrogen and oxygen atoms in total. The number of rotatable bonds is 4. The van der Waals surface area contributed by atoms with E-state index in [1.54, 1.807) is 23.9 Å². The van der Waals surface area contributed by atoms with Gasteiger partial charge in [-0.2, -0.15) is 23.4 Å². The Kier molecular flexibility index (Phi) is 4.72. The van der Waals surface area contributed by atoms with E-state index in [-0.39, 0.29) is 11.6 Å². The van der Waals surface area contributed by atoms with E-state index in [0.29, 0.717) is 11.6 Å². The van der Waals surface area contributed by atoms with Gasteiger partial charge in [0.25, 0.3) is 0 Å². The average molecular weight is 417 g/mol. The van der Waals surface area contributed by atoms with Crippen LogP contribution in [0.1, 0.15) is 11.1 Å². The minimum atomic E-state index is -4.49. The highest BCUT2D eigenvalue weighted by Crippen LogP contribution is 2.31. The Hall–Kier alpha value is -3.76. The van der Waals surface area contributed by atoms with E-state index in [2.05, 4.69) is 25.5 Å². The lowest BCUT2D eigenvalue weighted by molar-refractivity contribution is -0.137. The molecule has 0 saturated carbocycles. The van der Waals surface area contributed by atoms with Crippen LogP contribution in [0, 0.1) is 12.7 Å². The van der Waals surface area contributed by atoms with E-state index in [0.717, 1.165) is 33.9 Å². The summed E-state index contributed by atoms with van der Waals surface area (Å²) in [4.78, 5) is 8.06. The van der Waals surface area contributed by atoms with Gasteiger partial charge in [0.1, 0.15) is 18.0 Å². The van der Waals surface area contributed by atoms with Crippen molar-refractivity contribution in [2.24, 2.45) is 7.05 Å².